The molecule has 0 saturated carbocycles. The number of ether oxygens (including phenoxy) is 5. The van der Waals surface area contributed by atoms with Crippen LogP contribution in [0.4, 0.5) is 0 Å². The van der Waals surface area contributed by atoms with Gasteiger partial charge in [-0.25, -0.2) is 0 Å². The number of hydrogen-bond donors (Lipinski definition) is 1. The van der Waals surface area contributed by atoms with Gasteiger partial charge in [0.25, 0.3) is 0 Å². The van der Waals surface area contributed by atoms with Gasteiger partial charge < -0.3 is 29.4 Å². The highest BCUT2D eigenvalue weighted by atomic mass is 16.7. The van der Waals surface area contributed by atoms with Crippen LogP contribution in [0.3, 0.4) is 0 Å². The highest BCUT2D eigenvalue weighted by molar-refractivity contribution is 5.66. The maximum Gasteiger partial charge on any atom is 0.231 e. The minimum Gasteiger partial charge on any atom is -0.489 e. The summed E-state index contributed by atoms with van der Waals surface area (Å²) in [5, 5.41) is 10.7. The van der Waals surface area contributed by atoms with Crippen molar-refractivity contribution < 1.29 is 23.7 Å². The summed E-state index contributed by atoms with van der Waals surface area (Å²) in [6.07, 6.45) is 3.15. The van der Waals surface area contributed by atoms with Crippen LogP contribution in [0.15, 0.2) is 18.7 Å². The van der Waals surface area contributed by atoms with Crippen molar-refractivity contribution in [3.63, 3.8) is 0 Å². The predicted octanol–water partition coefficient (Wildman–Crippen LogP) is 3.62. The van der Waals surface area contributed by atoms with Crippen molar-refractivity contribution in [3.05, 3.63) is 57.7 Å². The van der Waals surface area contributed by atoms with Crippen molar-refractivity contribution in [2.24, 2.45) is 5.73 Å². The van der Waals surface area contributed by atoms with Crippen LogP contribution in [-0.4, -0.2) is 68.8 Å². The van der Waals surface area contributed by atoms with E-state index in [1.165, 1.54) is 16.7 Å². The summed E-state index contributed by atoms with van der Waals surface area (Å²) in [6.45, 7) is 11.1. The van der Waals surface area contributed by atoms with Crippen molar-refractivity contribution in [3.8, 4) is 29.1 Å². The van der Waals surface area contributed by atoms with Gasteiger partial charge in [0.15, 0.2) is 18.3 Å². The lowest BCUT2D eigenvalue weighted by Crippen LogP contribution is -2.68. The molecule has 4 heterocycles. The molecule has 4 aliphatic heterocycles. The summed E-state index contributed by atoms with van der Waals surface area (Å²) in [5.41, 5.74) is 14.2. The Labute approximate surface area is 236 Å². The van der Waals surface area contributed by atoms with Crippen LogP contribution in [0.2, 0.25) is 0 Å². The SMILES string of the molecule is C=CCOc1c(C)c2c(c3c1CC1[C@H]4c5c(cc(C)c(C)c5OCOC)C[C@@H](C(C#N)N1[C@H]3CN)N4C)OCO2. The normalized spacial score (nSPS) is 26.4. The van der Waals surface area contributed by atoms with E-state index < -0.39 is 0 Å². The molecule has 1 saturated heterocycles. The van der Waals surface area contributed by atoms with Gasteiger partial charge >= 0.3 is 0 Å². The minimum absolute atomic E-state index is 0.00103. The Morgan fingerprint density at radius 1 is 1.10 bits per heavy atom. The molecule has 2 N–H and O–H groups in total. The molecule has 2 aromatic carbocycles. The molecule has 0 radical (unpaired) electrons. The molecule has 0 aliphatic carbocycles. The average molecular weight is 547 g/mol. The number of methoxy groups -OCH3 is 1. The Morgan fingerprint density at radius 3 is 2.58 bits per heavy atom. The molecule has 6 rings (SSSR count). The largest absolute Gasteiger partial charge is 0.489 e. The summed E-state index contributed by atoms with van der Waals surface area (Å²) in [6, 6.07) is 4.28. The average Bonchev–Trinajstić information content (AvgIpc) is 3.44. The van der Waals surface area contributed by atoms with Crippen LogP contribution >= 0.6 is 0 Å². The number of nitrogens with two attached hydrogens (primary N) is 1. The Hall–Kier alpha value is -3.29. The van der Waals surface area contributed by atoms with Gasteiger partial charge in [0.2, 0.25) is 6.79 Å². The summed E-state index contributed by atoms with van der Waals surface area (Å²) < 4.78 is 29.9. The Bertz CT molecular complexity index is 1400. The highest BCUT2D eigenvalue weighted by Gasteiger charge is 2.56. The zero-order valence-electron chi connectivity index (χ0n) is 24.0. The number of aryl methyl sites for hydroxylation is 1. The van der Waals surface area contributed by atoms with Gasteiger partial charge in [-0.3, -0.25) is 9.80 Å². The molecule has 5 atom stereocenters. The number of hydrogen-bond acceptors (Lipinski definition) is 9. The molecule has 9 heteroatoms. The molecule has 2 aromatic rings. The Balaban J connectivity index is 1.59. The van der Waals surface area contributed by atoms with Crippen LogP contribution in [0.5, 0.6) is 23.0 Å². The molecule has 40 heavy (non-hydrogen) atoms. The van der Waals surface area contributed by atoms with Crippen LogP contribution < -0.4 is 24.7 Å². The fraction of sp³-hybridized carbons (Fsp3) is 0.516. The summed E-state index contributed by atoms with van der Waals surface area (Å²) in [7, 11) is 3.78. The molecule has 9 nitrogen and oxygen atoms in total. The first-order chi connectivity index (χ1) is 19.4. The van der Waals surface area contributed by atoms with E-state index in [4.69, 9.17) is 29.4 Å². The van der Waals surface area contributed by atoms with E-state index in [2.05, 4.69) is 49.4 Å². The lowest BCUT2D eigenvalue weighted by molar-refractivity contribution is -0.0718. The number of likely N-dealkylation sites (N-methyl/N-ethyl adjacent to an activating group) is 1. The van der Waals surface area contributed by atoms with Gasteiger partial charge in [-0.05, 0) is 57.4 Å². The third kappa shape index (κ3) is 3.74. The zero-order valence-corrected chi connectivity index (χ0v) is 24.0. The molecule has 0 spiro atoms. The van der Waals surface area contributed by atoms with Crippen molar-refractivity contribution in [2.75, 3.05) is 40.9 Å². The van der Waals surface area contributed by atoms with Crippen molar-refractivity contribution >= 4 is 0 Å². The minimum atomic E-state index is -0.358. The highest BCUT2D eigenvalue weighted by Crippen LogP contribution is 2.57. The smallest absolute Gasteiger partial charge is 0.231 e. The van der Waals surface area contributed by atoms with E-state index in [0.717, 1.165) is 45.9 Å². The van der Waals surface area contributed by atoms with Gasteiger partial charge in [0.05, 0.1) is 18.2 Å². The van der Waals surface area contributed by atoms with E-state index in [0.29, 0.717) is 25.3 Å². The van der Waals surface area contributed by atoms with Crippen LogP contribution in [0.25, 0.3) is 0 Å². The van der Waals surface area contributed by atoms with Crippen molar-refractivity contribution in [2.45, 2.75) is 63.8 Å². The number of benzene rings is 2. The number of nitrogens with zero attached hydrogens (tertiary/aromatic N) is 3. The number of nitriles is 1. The predicted molar refractivity (Wildman–Crippen MR) is 150 cm³/mol. The molecule has 4 aliphatic rings. The molecule has 212 valence electrons. The molecule has 1 fully saturated rings. The summed E-state index contributed by atoms with van der Waals surface area (Å²) >= 11 is 0. The van der Waals surface area contributed by atoms with E-state index in [1.807, 2.05) is 6.92 Å². The second-order valence-corrected chi connectivity index (χ2v) is 11.2. The van der Waals surface area contributed by atoms with Gasteiger partial charge in [0, 0.05) is 48.0 Å². The maximum atomic E-state index is 10.7. The molecular formula is C31H38N4O5. The Kier molecular flexibility index (Phi) is 6.91. The fourth-order valence-electron chi connectivity index (χ4n) is 7.55. The van der Waals surface area contributed by atoms with Crippen LogP contribution in [0, 0.1) is 32.1 Å². The first-order valence-electron chi connectivity index (χ1n) is 13.9. The monoisotopic (exact) mass is 546 g/mol. The van der Waals surface area contributed by atoms with Crippen LogP contribution in [-0.2, 0) is 17.6 Å². The van der Waals surface area contributed by atoms with Crippen molar-refractivity contribution in [1.29, 1.82) is 5.26 Å². The fourth-order valence-corrected chi connectivity index (χ4v) is 7.55. The van der Waals surface area contributed by atoms with E-state index in [9.17, 15) is 5.26 Å². The molecule has 0 aromatic heterocycles. The molecular weight excluding hydrogens is 508 g/mol. The van der Waals surface area contributed by atoms with Gasteiger partial charge in [0.1, 0.15) is 24.1 Å². The lowest BCUT2D eigenvalue weighted by Gasteiger charge is -2.60. The third-order valence-electron chi connectivity index (χ3n) is 9.30. The van der Waals surface area contributed by atoms with Gasteiger partial charge in [-0.15, -0.1) is 0 Å². The second kappa shape index (κ2) is 10.3. The van der Waals surface area contributed by atoms with E-state index in [1.54, 1.807) is 13.2 Å². The molecule has 2 bridgehead atoms. The molecule has 0 amide bonds. The standard InChI is InChI=1S/C31H38N4O5/c1-7-8-37-28-18(4)30-31(40-15-39-30)26-20(28)11-22-27-25-19(9-16(2)17(3)29(25)38-14-36-6)10-21(34(27)5)23(12-32)35(22)24(26)13-33/h7,9,21-24,27H,1,8,10-11,13-15,33H2,2-6H3/t21-,22?,23?,24-,27-/m0/s1. The second-order valence-electron chi connectivity index (χ2n) is 11.2. The number of fused-ring (bicyclic) bond motifs is 9. The maximum absolute atomic E-state index is 10.7. The topological polar surface area (TPSA) is 102 Å². The zero-order chi connectivity index (χ0) is 28.3. The third-order valence-corrected chi connectivity index (χ3v) is 9.30. The molecule has 2 unspecified atom stereocenters. The van der Waals surface area contributed by atoms with Gasteiger partial charge in [-0.1, -0.05) is 18.7 Å². The Morgan fingerprint density at radius 2 is 1.88 bits per heavy atom. The number of rotatable bonds is 7. The van der Waals surface area contributed by atoms with Crippen LogP contribution in [0.1, 0.15) is 51.0 Å². The van der Waals surface area contributed by atoms with E-state index >= 15 is 0 Å². The number of piperazine rings is 1. The first kappa shape index (κ1) is 26.9. The summed E-state index contributed by atoms with van der Waals surface area (Å²) in [5.74, 6) is 3.10. The first-order valence-corrected chi connectivity index (χ1v) is 13.9. The van der Waals surface area contributed by atoms with E-state index in [-0.39, 0.29) is 43.8 Å². The van der Waals surface area contributed by atoms with Gasteiger partial charge in [-0.2, -0.15) is 5.26 Å². The lowest BCUT2D eigenvalue weighted by atomic mass is 9.71. The van der Waals surface area contributed by atoms with Crippen molar-refractivity contribution in [1.82, 2.24) is 9.80 Å². The quantitative estimate of drug-likeness (QED) is 0.412. The summed E-state index contributed by atoms with van der Waals surface area (Å²) in [4.78, 5) is 4.74.